The number of hydrogen-bond acceptors (Lipinski definition) is 2. The SMILES string of the molecule is CC(C)c1cc(C(C)C)cc(-n2[c-][n+]3c4c(cccc42)N(C)c2ccc[c-]c2-3)c1.[Ir+3].[c-]1ccccc1-c1ccccn1. The van der Waals surface area contributed by atoms with Crippen LogP contribution in [0, 0.1) is 18.5 Å². The molecule has 5 heteroatoms. The molecule has 1 aliphatic heterocycles. The van der Waals surface area contributed by atoms with E-state index >= 15 is 0 Å². The fourth-order valence-electron chi connectivity index (χ4n) is 5.29. The van der Waals surface area contributed by atoms with E-state index in [0.717, 1.165) is 28.1 Å². The molecule has 3 heterocycles. The molecule has 0 radical (unpaired) electrons. The predicted octanol–water partition coefficient (Wildman–Crippen LogP) is 8.38. The van der Waals surface area contributed by atoms with Crippen molar-refractivity contribution in [2.75, 3.05) is 11.9 Å². The molecule has 0 saturated carbocycles. The van der Waals surface area contributed by atoms with Gasteiger partial charge in [0, 0.05) is 11.9 Å². The first-order valence-electron chi connectivity index (χ1n) is 14.2. The molecule has 2 aromatic heterocycles. The first-order chi connectivity index (χ1) is 19.9. The number of fused-ring (bicyclic) bond motifs is 2. The zero-order chi connectivity index (χ0) is 28.5. The molecule has 210 valence electrons. The molecule has 0 saturated heterocycles. The summed E-state index contributed by atoms with van der Waals surface area (Å²) in [7, 11) is 2.12. The summed E-state index contributed by atoms with van der Waals surface area (Å²) in [4.78, 5) is 6.46. The Bertz CT molecular complexity index is 1740. The van der Waals surface area contributed by atoms with E-state index in [0.29, 0.717) is 11.8 Å². The maximum Gasteiger partial charge on any atom is 3.00 e. The van der Waals surface area contributed by atoms with Gasteiger partial charge in [-0.1, -0.05) is 63.7 Å². The number of nitrogens with zero attached hydrogens (tertiary/aromatic N) is 4. The molecule has 42 heavy (non-hydrogen) atoms. The van der Waals surface area contributed by atoms with Crippen LogP contribution < -0.4 is 9.47 Å². The van der Waals surface area contributed by atoms with Crippen molar-refractivity contribution in [3.05, 3.63) is 133 Å². The molecule has 0 N–H and O–H groups in total. The van der Waals surface area contributed by atoms with Crippen molar-refractivity contribution in [2.45, 2.75) is 39.5 Å². The van der Waals surface area contributed by atoms with Crippen LogP contribution in [-0.4, -0.2) is 16.6 Å². The Labute approximate surface area is 262 Å². The van der Waals surface area contributed by atoms with Crippen molar-refractivity contribution in [3.8, 4) is 22.6 Å². The molecule has 4 nitrogen and oxygen atoms in total. The minimum absolute atomic E-state index is 0. The molecule has 1 aliphatic rings. The number of imidazole rings is 1. The Balaban J connectivity index is 0.000000228. The minimum atomic E-state index is 0. The molecule has 0 aliphatic carbocycles. The van der Waals surface area contributed by atoms with Gasteiger partial charge in [0.2, 0.25) is 0 Å². The fourth-order valence-corrected chi connectivity index (χ4v) is 5.29. The summed E-state index contributed by atoms with van der Waals surface area (Å²) in [5, 5.41) is 0. The summed E-state index contributed by atoms with van der Waals surface area (Å²) >= 11 is 0. The first-order valence-corrected chi connectivity index (χ1v) is 14.2. The number of anilines is 2. The average Bonchev–Trinajstić information content (AvgIpc) is 3.41. The van der Waals surface area contributed by atoms with Crippen molar-refractivity contribution in [3.63, 3.8) is 0 Å². The zero-order valence-electron chi connectivity index (χ0n) is 24.6. The van der Waals surface area contributed by atoms with Crippen LogP contribution in [0.4, 0.5) is 11.4 Å². The Morgan fingerprint density at radius 1 is 0.738 bits per heavy atom. The molecule has 0 amide bonds. The van der Waals surface area contributed by atoms with Gasteiger partial charge in [-0.2, -0.15) is 24.3 Å². The summed E-state index contributed by atoms with van der Waals surface area (Å²) in [5.74, 6) is 0.959. The second kappa shape index (κ2) is 12.4. The third kappa shape index (κ3) is 5.55. The van der Waals surface area contributed by atoms with Gasteiger partial charge >= 0.3 is 20.1 Å². The van der Waals surface area contributed by atoms with E-state index < -0.39 is 0 Å². The van der Waals surface area contributed by atoms with Crippen LogP contribution in [0.3, 0.4) is 0 Å². The Morgan fingerprint density at radius 3 is 2.12 bits per heavy atom. The van der Waals surface area contributed by atoms with E-state index in [1.165, 1.54) is 28.0 Å². The summed E-state index contributed by atoms with van der Waals surface area (Å²) in [6.45, 7) is 9.03. The normalized spacial score (nSPS) is 11.6. The maximum atomic E-state index is 4.22. The van der Waals surface area contributed by atoms with Crippen LogP contribution in [0.15, 0.2) is 103 Å². The zero-order valence-corrected chi connectivity index (χ0v) is 27.0. The predicted molar refractivity (Wildman–Crippen MR) is 167 cm³/mol. The average molecular weight is 727 g/mol. The van der Waals surface area contributed by atoms with Crippen molar-refractivity contribution >= 4 is 22.4 Å². The summed E-state index contributed by atoms with van der Waals surface area (Å²) < 4.78 is 4.37. The van der Waals surface area contributed by atoms with Crippen molar-refractivity contribution in [1.29, 1.82) is 0 Å². The molecule has 7 rings (SSSR count). The number of benzene rings is 4. The topological polar surface area (TPSA) is 24.9 Å². The fraction of sp³-hybridized carbons (Fsp3) is 0.189. The third-order valence-corrected chi connectivity index (χ3v) is 7.62. The van der Waals surface area contributed by atoms with Gasteiger partial charge in [0.1, 0.15) is 5.52 Å². The molecule has 0 atom stereocenters. The molecule has 6 aromatic rings. The van der Waals surface area contributed by atoms with Gasteiger partial charge in [-0.05, 0) is 65.7 Å². The second-order valence-corrected chi connectivity index (χ2v) is 11.0. The summed E-state index contributed by atoms with van der Waals surface area (Å²) in [6.07, 6.45) is 5.42. The van der Waals surface area contributed by atoms with E-state index in [4.69, 9.17) is 0 Å². The Morgan fingerprint density at radius 2 is 1.45 bits per heavy atom. The molecule has 0 bridgehead atoms. The van der Waals surface area contributed by atoms with E-state index in [1.807, 2.05) is 54.6 Å². The standard InChI is InChI=1S/C26H26N3.C11H8N.Ir/c1-17(2)19-13-20(18(3)4)15-21(14-19)28-16-29-23-10-7-6-9-22(23)27(5)24-11-8-12-25(28)26(24)29;1-2-6-10(7-3-1)11-8-4-5-9-12-11;/h6-9,11-15,17-18H,1-5H3;1-6,8-9H;/q2*-1;+3. The van der Waals surface area contributed by atoms with Gasteiger partial charge in [-0.15, -0.1) is 35.9 Å². The molecular weight excluding hydrogens is 693 g/mol. The number of aromatic nitrogens is 3. The van der Waals surface area contributed by atoms with Crippen LogP contribution in [0.1, 0.15) is 50.7 Å². The van der Waals surface area contributed by atoms with Crippen LogP contribution >= 0.6 is 0 Å². The number of rotatable bonds is 4. The molecule has 4 aromatic carbocycles. The van der Waals surface area contributed by atoms with Crippen LogP contribution in [0.5, 0.6) is 0 Å². The first kappa shape index (κ1) is 29.4. The van der Waals surface area contributed by atoms with E-state index in [-0.39, 0.29) is 20.1 Å². The van der Waals surface area contributed by atoms with Gasteiger partial charge in [0.15, 0.2) is 0 Å². The van der Waals surface area contributed by atoms with Gasteiger partial charge in [0.05, 0.1) is 11.2 Å². The van der Waals surface area contributed by atoms with Crippen molar-refractivity contribution in [2.24, 2.45) is 0 Å². The van der Waals surface area contributed by atoms with E-state index in [2.05, 4.69) is 115 Å². The third-order valence-electron chi connectivity index (χ3n) is 7.62. The minimum Gasteiger partial charge on any atom is -0.404 e. The quantitative estimate of drug-likeness (QED) is 0.135. The van der Waals surface area contributed by atoms with Crippen LogP contribution in [0.25, 0.3) is 33.7 Å². The summed E-state index contributed by atoms with van der Waals surface area (Å²) in [6, 6.07) is 39.8. The van der Waals surface area contributed by atoms with Crippen LogP contribution in [0.2, 0.25) is 0 Å². The van der Waals surface area contributed by atoms with Crippen molar-refractivity contribution in [1.82, 2.24) is 9.55 Å². The van der Waals surface area contributed by atoms with Gasteiger partial charge in [0.25, 0.3) is 6.33 Å². The second-order valence-electron chi connectivity index (χ2n) is 11.0. The van der Waals surface area contributed by atoms with E-state index in [9.17, 15) is 0 Å². The van der Waals surface area contributed by atoms with Crippen molar-refractivity contribution < 1.29 is 24.7 Å². The Hall–Kier alpha value is -4.05. The van der Waals surface area contributed by atoms with E-state index in [1.54, 1.807) is 6.20 Å². The van der Waals surface area contributed by atoms with Crippen LogP contribution in [-0.2, 0) is 20.1 Å². The largest absolute Gasteiger partial charge is 3.00 e. The Kier molecular flexibility index (Phi) is 8.72. The number of hydrogen-bond donors (Lipinski definition) is 0. The maximum absolute atomic E-state index is 4.22. The number of pyridine rings is 1. The van der Waals surface area contributed by atoms with Gasteiger partial charge < -0.3 is 14.5 Å². The molecular formula is C37H34IrN4+. The smallest absolute Gasteiger partial charge is 0.404 e. The van der Waals surface area contributed by atoms with Gasteiger partial charge in [-0.3, -0.25) is 4.57 Å². The monoisotopic (exact) mass is 727 g/mol. The van der Waals surface area contributed by atoms with Gasteiger partial charge in [-0.25, -0.2) is 0 Å². The molecule has 0 unspecified atom stereocenters. The summed E-state index contributed by atoms with van der Waals surface area (Å²) in [5.41, 5.74) is 11.6. The molecule has 0 fully saturated rings. The molecule has 0 spiro atoms. The number of para-hydroxylation sites is 2.